The van der Waals surface area contributed by atoms with Crippen molar-refractivity contribution in [2.75, 3.05) is 0 Å². The molecule has 0 bridgehead atoms. The van der Waals surface area contributed by atoms with Gasteiger partial charge in [-0.15, -0.1) is 0 Å². The Morgan fingerprint density at radius 2 is 1.60 bits per heavy atom. The molecule has 0 aliphatic carbocycles. The molecule has 0 amide bonds. The Morgan fingerprint density at radius 1 is 0.850 bits per heavy atom. The Labute approximate surface area is 117 Å². The topological polar surface area (TPSA) is 33.0 Å². The molecule has 0 heterocycles. The molecular formula is C18H13NO. The van der Waals surface area contributed by atoms with Crippen LogP contribution in [0.2, 0.25) is 0 Å². The summed E-state index contributed by atoms with van der Waals surface area (Å²) >= 11 is 0. The summed E-state index contributed by atoms with van der Waals surface area (Å²) < 4.78 is 5.74. The Kier molecular flexibility index (Phi) is 3.34. The number of nitrogens with zero attached hydrogens (tertiary/aromatic N) is 1. The van der Waals surface area contributed by atoms with Crippen LogP contribution in [0, 0.1) is 11.3 Å². The predicted octanol–water partition coefficient (Wildman–Crippen LogP) is 4.29. The Balaban J connectivity index is 1.82. The summed E-state index contributed by atoms with van der Waals surface area (Å²) in [6, 6.07) is 23.9. The van der Waals surface area contributed by atoms with E-state index in [0.717, 1.165) is 5.56 Å². The molecular weight excluding hydrogens is 246 g/mol. The molecule has 3 rings (SSSR count). The van der Waals surface area contributed by atoms with E-state index in [9.17, 15) is 0 Å². The summed E-state index contributed by atoms with van der Waals surface area (Å²) in [4.78, 5) is 0. The predicted molar refractivity (Wildman–Crippen MR) is 79.4 cm³/mol. The van der Waals surface area contributed by atoms with Gasteiger partial charge in [-0.2, -0.15) is 5.26 Å². The Hall–Kier alpha value is -2.79. The van der Waals surface area contributed by atoms with Gasteiger partial charge in [0.2, 0.25) is 0 Å². The zero-order valence-corrected chi connectivity index (χ0v) is 10.9. The van der Waals surface area contributed by atoms with E-state index in [1.165, 1.54) is 10.8 Å². The molecule has 2 heteroatoms. The number of nitriles is 1. The van der Waals surface area contributed by atoms with E-state index in [4.69, 9.17) is 10.00 Å². The average molecular weight is 259 g/mol. The van der Waals surface area contributed by atoms with Crippen LogP contribution in [0.3, 0.4) is 0 Å². The molecule has 0 atom stereocenters. The highest BCUT2D eigenvalue weighted by Gasteiger charge is 2.02. The Bertz CT molecular complexity index is 787. The third kappa shape index (κ3) is 2.48. The van der Waals surface area contributed by atoms with Crippen molar-refractivity contribution in [1.82, 2.24) is 0 Å². The van der Waals surface area contributed by atoms with E-state index in [0.29, 0.717) is 17.9 Å². The van der Waals surface area contributed by atoms with Crippen LogP contribution in [0.1, 0.15) is 11.1 Å². The molecule has 0 aromatic heterocycles. The number of fused-ring (bicyclic) bond motifs is 1. The molecule has 0 fully saturated rings. The lowest BCUT2D eigenvalue weighted by Crippen LogP contribution is -1.97. The fraction of sp³-hybridized carbons (Fsp3) is 0.0556. The van der Waals surface area contributed by atoms with E-state index >= 15 is 0 Å². The van der Waals surface area contributed by atoms with Gasteiger partial charge in [0.1, 0.15) is 18.4 Å². The van der Waals surface area contributed by atoms with Crippen molar-refractivity contribution < 1.29 is 4.74 Å². The largest absolute Gasteiger partial charge is 0.488 e. The van der Waals surface area contributed by atoms with Crippen molar-refractivity contribution in [2.45, 2.75) is 6.61 Å². The number of benzene rings is 3. The molecule has 0 radical (unpaired) electrons. The van der Waals surface area contributed by atoms with Gasteiger partial charge in [0, 0.05) is 0 Å². The highest BCUT2D eigenvalue weighted by molar-refractivity contribution is 5.82. The zero-order valence-electron chi connectivity index (χ0n) is 10.9. The summed E-state index contributed by atoms with van der Waals surface area (Å²) in [7, 11) is 0. The highest BCUT2D eigenvalue weighted by atomic mass is 16.5. The molecule has 20 heavy (non-hydrogen) atoms. The second-order valence-corrected chi connectivity index (χ2v) is 4.58. The standard InChI is InChI=1S/C18H13NO/c19-12-17-7-3-4-8-18(17)20-13-14-9-10-15-5-1-2-6-16(15)11-14/h1-11H,13H2. The number of hydrogen-bond acceptors (Lipinski definition) is 2. The maximum absolute atomic E-state index is 9.03. The van der Waals surface area contributed by atoms with Gasteiger partial charge in [-0.3, -0.25) is 0 Å². The van der Waals surface area contributed by atoms with Crippen molar-refractivity contribution in [3.05, 3.63) is 77.9 Å². The van der Waals surface area contributed by atoms with Crippen LogP contribution in [-0.2, 0) is 6.61 Å². The van der Waals surface area contributed by atoms with Crippen LogP contribution in [0.15, 0.2) is 66.7 Å². The van der Waals surface area contributed by atoms with Crippen LogP contribution < -0.4 is 4.74 Å². The van der Waals surface area contributed by atoms with Gasteiger partial charge in [0.05, 0.1) is 5.56 Å². The van der Waals surface area contributed by atoms with Gasteiger partial charge in [0.25, 0.3) is 0 Å². The second-order valence-electron chi connectivity index (χ2n) is 4.58. The van der Waals surface area contributed by atoms with Crippen LogP contribution >= 0.6 is 0 Å². The van der Waals surface area contributed by atoms with Gasteiger partial charge >= 0.3 is 0 Å². The van der Waals surface area contributed by atoms with Crippen LogP contribution in [0.5, 0.6) is 5.75 Å². The summed E-state index contributed by atoms with van der Waals surface area (Å²) in [5.74, 6) is 0.628. The van der Waals surface area contributed by atoms with Gasteiger partial charge in [-0.25, -0.2) is 0 Å². The lowest BCUT2D eigenvalue weighted by atomic mass is 10.1. The molecule has 0 aliphatic rings. The van der Waals surface area contributed by atoms with Crippen molar-refractivity contribution in [1.29, 1.82) is 5.26 Å². The van der Waals surface area contributed by atoms with E-state index < -0.39 is 0 Å². The van der Waals surface area contributed by atoms with Gasteiger partial charge < -0.3 is 4.74 Å². The van der Waals surface area contributed by atoms with Gasteiger partial charge in [-0.1, -0.05) is 48.5 Å². The molecule has 0 saturated heterocycles. The summed E-state index contributed by atoms with van der Waals surface area (Å²) in [6.07, 6.45) is 0. The minimum atomic E-state index is 0.462. The molecule has 96 valence electrons. The summed E-state index contributed by atoms with van der Waals surface area (Å²) in [5.41, 5.74) is 1.66. The molecule has 0 spiro atoms. The fourth-order valence-corrected chi connectivity index (χ4v) is 2.17. The van der Waals surface area contributed by atoms with E-state index in [-0.39, 0.29) is 0 Å². The quantitative estimate of drug-likeness (QED) is 0.703. The Morgan fingerprint density at radius 3 is 2.45 bits per heavy atom. The summed E-state index contributed by atoms with van der Waals surface area (Å²) in [6.45, 7) is 0.462. The van der Waals surface area contributed by atoms with E-state index in [1.807, 2.05) is 30.3 Å². The molecule has 0 N–H and O–H groups in total. The fourth-order valence-electron chi connectivity index (χ4n) is 2.17. The second kappa shape index (κ2) is 5.46. The first-order valence-electron chi connectivity index (χ1n) is 6.46. The van der Waals surface area contributed by atoms with Crippen LogP contribution in [0.4, 0.5) is 0 Å². The molecule has 3 aromatic rings. The van der Waals surface area contributed by atoms with E-state index in [1.54, 1.807) is 6.07 Å². The average Bonchev–Trinajstić information content (AvgIpc) is 2.53. The van der Waals surface area contributed by atoms with Crippen molar-refractivity contribution in [3.8, 4) is 11.8 Å². The van der Waals surface area contributed by atoms with E-state index in [2.05, 4.69) is 36.4 Å². The normalized spacial score (nSPS) is 10.2. The zero-order chi connectivity index (χ0) is 13.8. The minimum absolute atomic E-state index is 0.462. The summed E-state index contributed by atoms with van der Waals surface area (Å²) in [5, 5.41) is 11.4. The van der Waals surface area contributed by atoms with Crippen LogP contribution in [-0.4, -0.2) is 0 Å². The maximum Gasteiger partial charge on any atom is 0.137 e. The van der Waals surface area contributed by atoms with Crippen molar-refractivity contribution >= 4 is 10.8 Å². The first kappa shape index (κ1) is 12.3. The number of hydrogen-bond donors (Lipinski definition) is 0. The van der Waals surface area contributed by atoms with Gasteiger partial charge in [0.15, 0.2) is 0 Å². The molecule has 2 nitrogen and oxygen atoms in total. The first-order chi connectivity index (χ1) is 9.86. The highest BCUT2D eigenvalue weighted by Crippen LogP contribution is 2.20. The van der Waals surface area contributed by atoms with Crippen molar-refractivity contribution in [3.63, 3.8) is 0 Å². The molecule has 0 saturated carbocycles. The monoisotopic (exact) mass is 259 g/mol. The SMILES string of the molecule is N#Cc1ccccc1OCc1ccc2ccccc2c1. The van der Waals surface area contributed by atoms with Crippen LogP contribution in [0.25, 0.3) is 10.8 Å². The minimum Gasteiger partial charge on any atom is -0.488 e. The smallest absolute Gasteiger partial charge is 0.137 e. The third-order valence-corrected chi connectivity index (χ3v) is 3.22. The number of ether oxygens (including phenoxy) is 1. The number of para-hydroxylation sites is 1. The molecule has 0 aliphatic heterocycles. The third-order valence-electron chi connectivity index (χ3n) is 3.22. The number of rotatable bonds is 3. The van der Waals surface area contributed by atoms with Crippen molar-refractivity contribution in [2.24, 2.45) is 0 Å². The molecule has 0 unspecified atom stereocenters. The lowest BCUT2D eigenvalue weighted by Gasteiger charge is -2.08. The molecule has 3 aromatic carbocycles. The lowest BCUT2D eigenvalue weighted by molar-refractivity contribution is 0.305. The first-order valence-corrected chi connectivity index (χ1v) is 6.46. The van der Waals surface area contributed by atoms with Gasteiger partial charge in [-0.05, 0) is 34.5 Å². The maximum atomic E-state index is 9.03.